The fraction of sp³-hybridized carbons (Fsp3) is 0.600. The molecule has 2 heteroatoms. The summed E-state index contributed by atoms with van der Waals surface area (Å²) in [6.07, 6.45) is 1.92. The summed E-state index contributed by atoms with van der Waals surface area (Å²) < 4.78 is 0. The van der Waals surface area contributed by atoms with Crippen LogP contribution in [0.3, 0.4) is 0 Å². The summed E-state index contributed by atoms with van der Waals surface area (Å²) in [7, 11) is 0. The molecule has 2 N–H and O–H groups in total. The number of nitrogens with one attached hydrogen (secondary N) is 1. The highest BCUT2D eigenvalue weighted by Crippen LogP contribution is 2.22. The van der Waals surface area contributed by atoms with Crippen LogP contribution in [0.2, 0.25) is 0 Å². The zero-order chi connectivity index (χ0) is 12.7. The molecule has 96 valence electrons. The summed E-state index contributed by atoms with van der Waals surface area (Å²) >= 11 is 0. The Bertz CT molecular complexity index is 316. The predicted octanol–water partition coefficient (Wildman–Crippen LogP) is 2.50. The van der Waals surface area contributed by atoms with Gasteiger partial charge in [0.15, 0.2) is 0 Å². The second kappa shape index (κ2) is 6.77. The fourth-order valence-corrected chi connectivity index (χ4v) is 1.90. The molecule has 0 saturated heterocycles. The standard InChI is InChI=1S/C15H25NO/c1-4-13-6-8-14(9-7-13)15(2,3)12-16-10-5-11-17/h6-9,16-17H,4-5,10-12H2,1-3H3. The van der Waals surface area contributed by atoms with Gasteiger partial charge in [0.05, 0.1) is 0 Å². The monoisotopic (exact) mass is 235 g/mol. The number of benzene rings is 1. The first-order chi connectivity index (χ1) is 8.10. The van der Waals surface area contributed by atoms with Crippen LogP contribution >= 0.6 is 0 Å². The lowest BCUT2D eigenvalue weighted by Gasteiger charge is -2.26. The first-order valence-electron chi connectivity index (χ1n) is 6.51. The van der Waals surface area contributed by atoms with Crippen LogP contribution in [0.25, 0.3) is 0 Å². The van der Waals surface area contributed by atoms with Crippen molar-refractivity contribution in [2.24, 2.45) is 0 Å². The molecule has 0 fully saturated rings. The Morgan fingerprint density at radius 3 is 2.35 bits per heavy atom. The fourth-order valence-electron chi connectivity index (χ4n) is 1.90. The van der Waals surface area contributed by atoms with E-state index in [4.69, 9.17) is 5.11 Å². The average molecular weight is 235 g/mol. The first kappa shape index (κ1) is 14.2. The smallest absolute Gasteiger partial charge is 0.0443 e. The molecular weight excluding hydrogens is 210 g/mol. The maximum absolute atomic E-state index is 8.73. The Balaban J connectivity index is 2.55. The Hall–Kier alpha value is -0.860. The van der Waals surface area contributed by atoms with Crippen LogP contribution in [0, 0.1) is 0 Å². The van der Waals surface area contributed by atoms with Gasteiger partial charge in [0.25, 0.3) is 0 Å². The van der Waals surface area contributed by atoms with Gasteiger partial charge >= 0.3 is 0 Å². The van der Waals surface area contributed by atoms with Gasteiger partial charge in [-0.15, -0.1) is 0 Å². The minimum atomic E-state index is 0.141. The van der Waals surface area contributed by atoms with Crippen LogP contribution in [0.15, 0.2) is 24.3 Å². The van der Waals surface area contributed by atoms with E-state index in [0.717, 1.165) is 25.9 Å². The van der Waals surface area contributed by atoms with Gasteiger partial charge in [-0.2, -0.15) is 0 Å². The molecule has 17 heavy (non-hydrogen) atoms. The molecule has 0 aromatic heterocycles. The van der Waals surface area contributed by atoms with Gasteiger partial charge in [-0.25, -0.2) is 0 Å². The molecule has 1 rings (SSSR count). The average Bonchev–Trinajstić information content (AvgIpc) is 2.35. The number of aliphatic hydroxyl groups excluding tert-OH is 1. The van der Waals surface area contributed by atoms with E-state index in [9.17, 15) is 0 Å². The first-order valence-corrected chi connectivity index (χ1v) is 6.51. The topological polar surface area (TPSA) is 32.3 Å². The van der Waals surface area contributed by atoms with E-state index in [1.165, 1.54) is 11.1 Å². The Labute approximate surface area is 105 Å². The second-order valence-corrected chi connectivity index (χ2v) is 5.19. The molecule has 0 atom stereocenters. The van der Waals surface area contributed by atoms with Gasteiger partial charge in [-0.1, -0.05) is 45.0 Å². The lowest BCUT2D eigenvalue weighted by molar-refractivity contribution is 0.284. The van der Waals surface area contributed by atoms with Gasteiger partial charge in [0.1, 0.15) is 0 Å². The van der Waals surface area contributed by atoms with Crippen molar-refractivity contribution in [1.29, 1.82) is 0 Å². The van der Waals surface area contributed by atoms with E-state index in [1.807, 2.05) is 0 Å². The highest BCUT2D eigenvalue weighted by Gasteiger charge is 2.19. The van der Waals surface area contributed by atoms with Crippen LogP contribution in [0.1, 0.15) is 38.3 Å². The van der Waals surface area contributed by atoms with Crippen molar-refractivity contribution in [1.82, 2.24) is 5.32 Å². The van der Waals surface area contributed by atoms with Crippen LogP contribution in [-0.2, 0) is 11.8 Å². The number of hydrogen-bond donors (Lipinski definition) is 2. The quantitative estimate of drug-likeness (QED) is 0.712. The van der Waals surface area contributed by atoms with Crippen molar-refractivity contribution in [3.05, 3.63) is 35.4 Å². The zero-order valence-corrected chi connectivity index (χ0v) is 11.3. The van der Waals surface area contributed by atoms with E-state index < -0.39 is 0 Å². The highest BCUT2D eigenvalue weighted by atomic mass is 16.3. The summed E-state index contributed by atoms with van der Waals surface area (Å²) in [6, 6.07) is 8.88. The summed E-state index contributed by atoms with van der Waals surface area (Å²) in [6.45, 7) is 8.76. The molecule has 0 aliphatic heterocycles. The Kier molecular flexibility index (Phi) is 5.66. The normalized spacial score (nSPS) is 11.8. The van der Waals surface area contributed by atoms with Crippen molar-refractivity contribution >= 4 is 0 Å². The van der Waals surface area contributed by atoms with Crippen molar-refractivity contribution in [2.75, 3.05) is 19.7 Å². The van der Waals surface area contributed by atoms with E-state index in [0.29, 0.717) is 0 Å². The molecule has 0 saturated carbocycles. The van der Waals surface area contributed by atoms with Gasteiger partial charge in [0, 0.05) is 18.6 Å². The SMILES string of the molecule is CCc1ccc(C(C)(C)CNCCCO)cc1. The third kappa shape index (κ3) is 4.49. The molecule has 0 radical (unpaired) electrons. The second-order valence-electron chi connectivity index (χ2n) is 5.19. The zero-order valence-electron chi connectivity index (χ0n) is 11.3. The maximum Gasteiger partial charge on any atom is 0.0443 e. The molecule has 0 spiro atoms. The van der Waals surface area contributed by atoms with Gasteiger partial charge in [-0.3, -0.25) is 0 Å². The van der Waals surface area contributed by atoms with Gasteiger partial charge in [0.2, 0.25) is 0 Å². The molecule has 0 aliphatic rings. The summed E-state index contributed by atoms with van der Waals surface area (Å²) in [5.74, 6) is 0. The summed E-state index contributed by atoms with van der Waals surface area (Å²) in [5.41, 5.74) is 2.89. The number of rotatable bonds is 7. The minimum absolute atomic E-state index is 0.141. The van der Waals surface area contributed by atoms with Crippen LogP contribution in [-0.4, -0.2) is 24.8 Å². The molecule has 0 unspecified atom stereocenters. The molecule has 1 aromatic carbocycles. The Morgan fingerprint density at radius 2 is 1.82 bits per heavy atom. The number of hydrogen-bond acceptors (Lipinski definition) is 2. The molecule has 0 aliphatic carbocycles. The van der Waals surface area contributed by atoms with Crippen LogP contribution in [0.5, 0.6) is 0 Å². The number of aryl methyl sites for hydroxylation is 1. The van der Waals surface area contributed by atoms with Gasteiger partial charge in [-0.05, 0) is 30.5 Å². The summed E-state index contributed by atoms with van der Waals surface area (Å²) in [4.78, 5) is 0. The van der Waals surface area contributed by atoms with Gasteiger partial charge < -0.3 is 10.4 Å². The van der Waals surface area contributed by atoms with E-state index in [2.05, 4.69) is 50.4 Å². The van der Waals surface area contributed by atoms with Crippen molar-refractivity contribution in [3.8, 4) is 0 Å². The molecule has 1 aromatic rings. The Morgan fingerprint density at radius 1 is 1.18 bits per heavy atom. The molecule has 0 heterocycles. The van der Waals surface area contributed by atoms with E-state index >= 15 is 0 Å². The summed E-state index contributed by atoms with van der Waals surface area (Å²) in [5, 5.41) is 12.1. The maximum atomic E-state index is 8.73. The third-order valence-electron chi connectivity index (χ3n) is 3.22. The van der Waals surface area contributed by atoms with Crippen molar-refractivity contribution in [2.45, 2.75) is 39.0 Å². The van der Waals surface area contributed by atoms with Crippen molar-refractivity contribution in [3.63, 3.8) is 0 Å². The number of aliphatic hydroxyl groups is 1. The minimum Gasteiger partial charge on any atom is -0.396 e. The van der Waals surface area contributed by atoms with Crippen LogP contribution in [0.4, 0.5) is 0 Å². The molecular formula is C15H25NO. The van der Waals surface area contributed by atoms with E-state index in [1.54, 1.807) is 0 Å². The van der Waals surface area contributed by atoms with Crippen LogP contribution < -0.4 is 5.32 Å². The largest absolute Gasteiger partial charge is 0.396 e. The molecule has 0 amide bonds. The lowest BCUT2D eigenvalue weighted by atomic mass is 9.84. The third-order valence-corrected chi connectivity index (χ3v) is 3.22. The van der Waals surface area contributed by atoms with E-state index in [-0.39, 0.29) is 12.0 Å². The molecule has 2 nitrogen and oxygen atoms in total. The van der Waals surface area contributed by atoms with Crippen molar-refractivity contribution < 1.29 is 5.11 Å². The lowest BCUT2D eigenvalue weighted by Crippen LogP contribution is -2.33. The molecule has 0 bridgehead atoms. The predicted molar refractivity (Wildman–Crippen MR) is 73.4 cm³/mol. The highest BCUT2D eigenvalue weighted by molar-refractivity contribution is 5.28.